The van der Waals surface area contributed by atoms with Crippen LogP contribution in [-0.4, -0.2) is 62.7 Å². The van der Waals surface area contributed by atoms with E-state index >= 15 is 0 Å². The first-order valence-electron chi connectivity index (χ1n) is 11.9. The monoisotopic (exact) mass is 563 g/mol. The average Bonchev–Trinajstić information content (AvgIpc) is 3.52. The van der Waals surface area contributed by atoms with Gasteiger partial charge >= 0.3 is 0 Å². The number of nitrogens with zero attached hydrogens (tertiary/aromatic N) is 1. The van der Waals surface area contributed by atoms with Gasteiger partial charge in [0.05, 0.1) is 27.7 Å². The van der Waals surface area contributed by atoms with E-state index in [2.05, 4.69) is 10.3 Å². The number of alkyl halides is 2. The minimum absolute atomic E-state index is 0.0262. The van der Waals surface area contributed by atoms with Gasteiger partial charge in [-0.05, 0) is 12.1 Å². The highest BCUT2D eigenvalue weighted by Crippen LogP contribution is 2.46. The van der Waals surface area contributed by atoms with Gasteiger partial charge in [-0.3, -0.25) is 14.9 Å². The number of carbonyl (C=O) groups excluding carboxylic acids is 2. The molecule has 0 saturated carbocycles. The minimum Gasteiger partial charge on any atom is -0.387 e. The van der Waals surface area contributed by atoms with Crippen LogP contribution in [-0.2, 0) is 4.74 Å². The predicted molar refractivity (Wildman–Crippen MR) is 127 cm³/mol. The maximum absolute atomic E-state index is 14.6. The largest absolute Gasteiger partial charge is 0.387 e. The summed E-state index contributed by atoms with van der Waals surface area (Å²) in [6.45, 7) is -1.42. The van der Waals surface area contributed by atoms with Crippen molar-refractivity contribution in [3.63, 3.8) is 0 Å². The number of nitrogens with one attached hydrogen (secondary N) is 2. The van der Waals surface area contributed by atoms with Gasteiger partial charge in [0.2, 0.25) is 0 Å². The van der Waals surface area contributed by atoms with E-state index in [-0.39, 0.29) is 54.7 Å². The molecule has 0 radical (unpaired) electrons. The number of hydrogen-bond acceptors (Lipinski definition) is 5. The summed E-state index contributed by atoms with van der Waals surface area (Å²) in [5.41, 5.74) is -1.06. The Hall–Kier alpha value is -4.14. The van der Waals surface area contributed by atoms with Crippen molar-refractivity contribution in [2.45, 2.75) is 30.7 Å². The molecule has 1 fully saturated rings. The SMILES string of the molecule is O=C1NC(=O)c2c1c1c3cc(F)c(F)cc3[nH]c1c1c2c2cc(F)c(F)cc2n1[C@@H]1O[C@H](CF)[C@@H](F)[C@H](O)[C@H]1O. The number of benzene rings is 3. The Morgan fingerprint density at radius 3 is 2.12 bits per heavy atom. The lowest BCUT2D eigenvalue weighted by Crippen LogP contribution is -2.54. The molecule has 5 atom stereocenters. The number of aliphatic hydroxyl groups is 2. The van der Waals surface area contributed by atoms with Crippen LogP contribution in [0.1, 0.15) is 26.9 Å². The summed E-state index contributed by atoms with van der Waals surface area (Å²) in [7, 11) is 0. The quantitative estimate of drug-likeness (QED) is 0.193. The van der Waals surface area contributed by atoms with Gasteiger partial charge < -0.3 is 24.5 Å². The fourth-order valence-corrected chi connectivity index (χ4v) is 5.87. The number of ether oxygens (including phenoxy) is 1. The Balaban J connectivity index is 1.74. The molecule has 4 N–H and O–H groups in total. The molecular formula is C26H15F6N3O5. The molecule has 0 spiro atoms. The molecule has 2 aliphatic heterocycles. The van der Waals surface area contributed by atoms with Gasteiger partial charge in [0, 0.05) is 39.2 Å². The molecule has 2 aromatic heterocycles. The summed E-state index contributed by atoms with van der Waals surface area (Å²) in [6, 6.07) is 3.00. The molecule has 1 saturated heterocycles. The molecule has 4 heterocycles. The highest BCUT2D eigenvalue weighted by molar-refractivity contribution is 6.39. The number of rotatable bonds is 2. The number of fused-ring (bicyclic) bond motifs is 10. The maximum Gasteiger partial charge on any atom is 0.259 e. The predicted octanol–water partition coefficient (Wildman–Crippen LogP) is 3.80. The standard InChI is InChI=1S/C26H15F6N3O5/c27-5-14-19(32)22(36)23(37)26(40-14)35-13-4-11(31)9(29)2-7(13)16-18-17(24(38)34-25(18)39)15-6-1-8(28)10(30)3-12(6)33-20(15)21(16)35/h1-4,14,19,22-23,26,33,36-37H,5H2,(H,34,38,39)/t14-,19-,22+,23-,26-/m1/s1. The molecule has 5 aromatic rings. The van der Waals surface area contributed by atoms with Gasteiger partial charge in [0.15, 0.2) is 35.7 Å². The number of hydrogen-bond donors (Lipinski definition) is 4. The van der Waals surface area contributed by atoms with Crippen LogP contribution in [0, 0.1) is 23.3 Å². The summed E-state index contributed by atoms with van der Waals surface area (Å²) in [4.78, 5) is 28.9. The van der Waals surface area contributed by atoms with Crippen LogP contribution >= 0.6 is 0 Å². The molecular weight excluding hydrogens is 548 g/mol. The van der Waals surface area contributed by atoms with Crippen molar-refractivity contribution < 1.29 is 50.9 Å². The first kappa shape index (κ1) is 24.9. The van der Waals surface area contributed by atoms with E-state index in [0.717, 1.165) is 22.8 Å². The summed E-state index contributed by atoms with van der Waals surface area (Å²) < 4.78 is 92.4. The van der Waals surface area contributed by atoms with Crippen molar-refractivity contribution in [2.75, 3.05) is 6.67 Å². The average molecular weight is 563 g/mol. The fourth-order valence-electron chi connectivity index (χ4n) is 5.87. The molecule has 2 aliphatic rings. The molecule has 0 bridgehead atoms. The van der Waals surface area contributed by atoms with Gasteiger partial charge in [-0.1, -0.05) is 0 Å². The molecule has 8 nitrogen and oxygen atoms in total. The topological polar surface area (TPSA) is 117 Å². The zero-order chi connectivity index (χ0) is 28.4. The Morgan fingerprint density at radius 2 is 1.45 bits per heavy atom. The zero-order valence-electron chi connectivity index (χ0n) is 19.7. The lowest BCUT2D eigenvalue weighted by Gasteiger charge is -2.39. The summed E-state index contributed by atoms with van der Waals surface area (Å²) in [6.07, 6.45) is -10.3. The number of aromatic amines is 1. The second-order valence-electron chi connectivity index (χ2n) is 9.74. The number of amides is 2. The van der Waals surface area contributed by atoms with Gasteiger partial charge in [-0.15, -0.1) is 0 Å². The van der Waals surface area contributed by atoms with Gasteiger partial charge in [-0.25, -0.2) is 26.3 Å². The highest BCUT2D eigenvalue weighted by Gasteiger charge is 2.47. The lowest BCUT2D eigenvalue weighted by molar-refractivity contribution is -0.229. The molecule has 0 unspecified atom stereocenters. The number of imide groups is 1. The van der Waals surface area contributed by atoms with E-state index in [4.69, 9.17) is 4.74 Å². The molecule has 206 valence electrons. The number of aromatic nitrogens is 2. The number of carbonyl (C=O) groups is 2. The second kappa shape index (κ2) is 8.19. The number of halogens is 6. The fraction of sp³-hybridized carbons (Fsp3) is 0.231. The van der Waals surface area contributed by atoms with Crippen LogP contribution in [0.25, 0.3) is 43.6 Å². The van der Waals surface area contributed by atoms with Crippen molar-refractivity contribution in [1.82, 2.24) is 14.9 Å². The van der Waals surface area contributed by atoms with Crippen molar-refractivity contribution in [3.05, 3.63) is 58.7 Å². The third-order valence-electron chi connectivity index (χ3n) is 7.60. The zero-order valence-corrected chi connectivity index (χ0v) is 19.7. The summed E-state index contributed by atoms with van der Waals surface area (Å²) in [5.74, 6) is -7.08. The molecule has 14 heteroatoms. The Labute approximate surface area is 217 Å². The molecule has 2 amide bonds. The van der Waals surface area contributed by atoms with Crippen molar-refractivity contribution >= 4 is 55.4 Å². The highest BCUT2D eigenvalue weighted by atomic mass is 19.2. The van der Waals surface area contributed by atoms with E-state index in [1.54, 1.807) is 0 Å². The Kier molecular flexibility index (Phi) is 5.09. The van der Waals surface area contributed by atoms with Crippen LogP contribution in [0.15, 0.2) is 24.3 Å². The molecule has 7 rings (SSSR count). The maximum atomic E-state index is 14.6. The van der Waals surface area contributed by atoms with E-state index in [0.29, 0.717) is 6.07 Å². The second-order valence-corrected chi connectivity index (χ2v) is 9.74. The van der Waals surface area contributed by atoms with Gasteiger partial charge in [-0.2, -0.15) is 0 Å². The Bertz CT molecular complexity index is 1970. The molecule has 0 aliphatic carbocycles. The van der Waals surface area contributed by atoms with E-state index in [1.807, 2.05) is 0 Å². The van der Waals surface area contributed by atoms with Crippen LogP contribution in [0.5, 0.6) is 0 Å². The summed E-state index contributed by atoms with van der Waals surface area (Å²) in [5, 5.41) is 22.9. The summed E-state index contributed by atoms with van der Waals surface area (Å²) >= 11 is 0. The van der Waals surface area contributed by atoms with Crippen LogP contribution in [0.4, 0.5) is 26.3 Å². The van der Waals surface area contributed by atoms with Gasteiger partial charge in [0.1, 0.15) is 25.0 Å². The third-order valence-corrected chi connectivity index (χ3v) is 7.60. The van der Waals surface area contributed by atoms with Crippen LogP contribution < -0.4 is 5.32 Å². The minimum atomic E-state index is -2.34. The molecule has 40 heavy (non-hydrogen) atoms. The van der Waals surface area contributed by atoms with Crippen LogP contribution in [0.3, 0.4) is 0 Å². The Morgan fingerprint density at radius 1 is 0.850 bits per heavy atom. The van der Waals surface area contributed by atoms with Crippen molar-refractivity contribution in [2.24, 2.45) is 0 Å². The van der Waals surface area contributed by atoms with Crippen molar-refractivity contribution in [3.8, 4) is 0 Å². The van der Waals surface area contributed by atoms with E-state index in [9.17, 15) is 46.1 Å². The third kappa shape index (κ3) is 3.03. The smallest absolute Gasteiger partial charge is 0.259 e. The normalized spacial score (nSPS) is 25.1. The van der Waals surface area contributed by atoms with Crippen molar-refractivity contribution in [1.29, 1.82) is 0 Å². The first-order valence-corrected chi connectivity index (χ1v) is 11.9. The number of aliphatic hydroxyl groups excluding tert-OH is 2. The lowest BCUT2D eigenvalue weighted by atomic mass is 9.96. The molecule has 3 aromatic carbocycles. The van der Waals surface area contributed by atoms with E-state index in [1.165, 1.54) is 0 Å². The van der Waals surface area contributed by atoms with E-state index < -0.39 is 72.5 Å². The first-order chi connectivity index (χ1) is 19.0. The van der Waals surface area contributed by atoms with Crippen LogP contribution in [0.2, 0.25) is 0 Å². The number of H-pyrrole nitrogens is 1. The van der Waals surface area contributed by atoms with Gasteiger partial charge in [0.25, 0.3) is 11.8 Å².